The summed E-state index contributed by atoms with van der Waals surface area (Å²) in [5.41, 5.74) is -0.123. The Morgan fingerprint density at radius 2 is 1.89 bits per heavy atom. The maximum absolute atomic E-state index is 12.4. The average Bonchev–Trinajstić information content (AvgIpc) is 2.75. The van der Waals surface area contributed by atoms with Crippen molar-refractivity contribution in [3.8, 4) is 0 Å². The fourth-order valence-electron chi connectivity index (χ4n) is 2.22. The molecule has 1 aromatic rings. The minimum atomic E-state index is -4.32. The van der Waals surface area contributed by atoms with Crippen LogP contribution in [0.4, 0.5) is 13.2 Å². The molecule has 1 heterocycles. The number of hydrogen-bond acceptors (Lipinski definition) is 2. The standard InChI is InChI=1S/C13H15F3OS/c1-12(7-2-8-18-12)11(17)9-3-5-10(6-4-9)13(14,15)16/h3-6,11,17H,2,7-8H2,1H3. The van der Waals surface area contributed by atoms with Crippen LogP contribution in [0.2, 0.25) is 0 Å². The largest absolute Gasteiger partial charge is 0.416 e. The zero-order chi connectivity index (χ0) is 13.4. The van der Waals surface area contributed by atoms with Gasteiger partial charge in [-0.25, -0.2) is 0 Å². The van der Waals surface area contributed by atoms with Gasteiger partial charge in [-0.15, -0.1) is 0 Å². The molecule has 0 bridgehead atoms. The lowest BCUT2D eigenvalue weighted by molar-refractivity contribution is -0.137. The van der Waals surface area contributed by atoms with Crippen molar-refractivity contribution in [2.75, 3.05) is 5.75 Å². The summed E-state index contributed by atoms with van der Waals surface area (Å²) >= 11 is 1.69. The predicted molar refractivity (Wildman–Crippen MR) is 66.5 cm³/mol. The Bertz CT molecular complexity index is 407. The van der Waals surface area contributed by atoms with Gasteiger partial charge in [0, 0.05) is 4.75 Å². The maximum atomic E-state index is 12.4. The third-order valence-corrected chi connectivity index (χ3v) is 4.96. The molecule has 1 aliphatic heterocycles. The van der Waals surface area contributed by atoms with Gasteiger partial charge >= 0.3 is 6.18 Å². The topological polar surface area (TPSA) is 20.2 Å². The summed E-state index contributed by atoms with van der Waals surface area (Å²) in [6, 6.07) is 4.80. The minimum Gasteiger partial charge on any atom is -0.387 e. The van der Waals surface area contributed by atoms with Crippen molar-refractivity contribution >= 4 is 11.8 Å². The van der Waals surface area contributed by atoms with Gasteiger partial charge in [0.25, 0.3) is 0 Å². The molecule has 2 unspecified atom stereocenters. The van der Waals surface area contributed by atoms with Gasteiger partial charge in [0.1, 0.15) is 0 Å². The van der Waals surface area contributed by atoms with Crippen LogP contribution in [0.3, 0.4) is 0 Å². The fraction of sp³-hybridized carbons (Fsp3) is 0.538. The van der Waals surface area contributed by atoms with Gasteiger partial charge in [-0.1, -0.05) is 12.1 Å². The Balaban J connectivity index is 2.19. The van der Waals surface area contributed by atoms with E-state index in [9.17, 15) is 18.3 Å². The number of benzene rings is 1. The van der Waals surface area contributed by atoms with E-state index in [2.05, 4.69) is 0 Å². The van der Waals surface area contributed by atoms with Gasteiger partial charge in [0.05, 0.1) is 11.7 Å². The Morgan fingerprint density at radius 1 is 1.28 bits per heavy atom. The summed E-state index contributed by atoms with van der Waals surface area (Å²) < 4.78 is 37.0. The van der Waals surface area contributed by atoms with Crippen molar-refractivity contribution in [2.45, 2.75) is 36.8 Å². The SMILES string of the molecule is CC1(C(O)c2ccc(C(F)(F)F)cc2)CCCS1. The molecule has 1 aliphatic rings. The molecule has 0 aromatic heterocycles. The van der Waals surface area contributed by atoms with Crippen LogP contribution in [0.25, 0.3) is 0 Å². The van der Waals surface area contributed by atoms with Crippen LogP contribution in [-0.4, -0.2) is 15.6 Å². The molecule has 2 rings (SSSR count). The third-order valence-electron chi connectivity index (χ3n) is 3.38. The summed E-state index contributed by atoms with van der Waals surface area (Å²) in [5, 5.41) is 10.3. The Morgan fingerprint density at radius 3 is 2.33 bits per heavy atom. The van der Waals surface area contributed by atoms with E-state index in [-0.39, 0.29) is 4.75 Å². The molecule has 1 saturated heterocycles. The minimum absolute atomic E-state index is 0.278. The van der Waals surface area contributed by atoms with E-state index in [4.69, 9.17) is 0 Å². The Hall–Kier alpha value is -0.680. The zero-order valence-electron chi connectivity index (χ0n) is 10.00. The van der Waals surface area contributed by atoms with Crippen LogP contribution < -0.4 is 0 Å². The van der Waals surface area contributed by atoms with Crippen LogP contribution in [0.5, 0.6) is 0 Å². The van der Waals surface area contributed by atoms with Crippen LogP contribution in [0.1, 0.15) is 37.0 Å². The molecular formula is C13H15F3OS. The molecular weight excluding hydrogens is 261 g/mol. The first-order valence-corrected chi connectivity index (χ1v) is 6.81. The molecule has 0 spiro atoms. The normalized spacial score (nSPS) is 26.3. The van der Waals surface area contributed by atoms with Gasteiger partial charge < -0.3 is 5.11 Å². The molecule has 0 saturated carbocycles. The summed E-state index contributed by atoms with van der Waals surface area (Å²) in [7, 11) is 0. The first-order chi connectivity index (χ1) is 8.33. The lowest BCUT2D eigenvalue weighted by Gasteiger charge is -2.29. The van der Waals surface area contributed by atoms with E-state index in [0.29, 0.717) is 5.56 Å². The quantitative estimate of drug-likeness (QED) is 0.880. The van der Waals surface area contributed by atoms with E-state index >= 15 is 0 Å². The second-order valence-corrected chi connectivity index (χ2v) is 6.42. The van der Waals surface area contributed by atoms with E-state index in [1.807, 2.05) is 6.92 Å². The highest BCUT2D eigenvalue weighted by Crippen LogP contribution is 2.46. The molecule has 0 amide bonds. The second-order valence-electron chi connectivity index (χ2n) is 4.79. The van der Waals surface area contributed by atoms with Gasteiger partial charge in [0.15, 0.2) is 0 Å². The molecule has 18 heavy (non-hydrogen) atoms. The van der Waals surface area contributed by atoms with Gasteiger partial charge in [-0.3, -0.25) is 0 Å². The van der Waals surface area contributed by atoms with E-state index in [0.717, 1.165) is 30.7 Å². The second kappa shape index (κ2) is 4.78. The van der Waals surface area contributed by atoms with Crippen molar-refractivity contribution in [1.29, 1.82) is 0 Å². The Labute approximate surface area is 108 Å². The molecule has 1 fully saturated rings. The summed E-state index contributed by atoms with van der Waals surface area (Å²) in [6.45, 7) is 1.97. The van der Waals surface area contributed by atoms with Crippen molar-refractivity contribution < 1.29 is 18.3 Å². The number of thioether (sulfide) groups is 1. The molecule has 0 radical (unpaired) electrons. The number of rotatable bonds is 2. The van der Waals surface area contributed by atoms with Crippen molar-refractivity contribution in [2.24, 2.45) is 0 Å². The van der Waals surface area contributed by atoms with Crippen molar-refractivity contribution in [3.63, 3.8) is 0 Å². The number of alkyl halides is 3. The average molecular weight is 276 g/mol. The first kappa shape index (κ1) is 13.7. The van der Waals surface area contributed by atoms with Crippen LogP contribution in [-0.2, 0) is 6.18 Å². The molecule has 100 valence electrons. The molecule has 1 nitrogen and oxygen atoms in total. The first-order valence-electron chi connectivity index (χ1n) is 5.82. The van der Waals surface area contributed by atoms with Crippen molar-refractivity contribution in [3.05, 3.63) is 35.4 Å². The number of aliphatic hydroxyl groups excluding tert-OH is 1. The maximum Gasteiger partial charge on any atom is 0.416 e. The van der Waals surface area contributed by atoms with E-state index in [1.54, 1.807) is 11.8 Å². The van der Waals surface area contributed by atoms with Gasteiger partial charge in [0.2, 0.25) is 0 Å². The molecule has 2 atom stereocenters. The highest BCUT2D eigenvalue weighted by Gasteiger charge is 2.38. The third kappa shape index (κ3) is 2.67. The Kier molecular flexibility index (Phi) is 3.65. The van der Waals surface area contributed by atoms with Crippen molar-refractivity contribution in [1.82, 2.24) is 0 Å². The lowest BCUT2D eigenvalue weighted by Crippen LogP contribution is -2.26. The molecule has 1 N–H and O–H groups in total. The predicted octanol–water partition coefficient (Wildman–Crippen LogP) is 4.02. The number of aliphatic hydroxyl groups is 1. The summed E-state index contributed by atoms with van der Waals surface area (Å²) in [6.07, 6.45) is -3.11. The zero-order valence-corrected chi connectivity index (χ0v) is 10.8. The molecule has 0 aliphatic carbocycles. The molecule has 1 aromatic carbocycles. The van der Waals surface area contributed by atoms with Crippen LogP contribution >= 0.6 is 11.8 Å². The number of halogens is 3. The van der Waals surface area contributed by atoms with Gasteiger partial charge in [-0.05, 0) is 43.2 Å². The molecule has 5 heteroatoms. The lowest BCUT2D eigenvalue weighted by atomic mass is 9.92. The van der Waals surface area contributed by atoms with E-state index in [1.165, 1.54) is 12.1 Å². The monoisotopic (exact) mass is 276 g/mol. The van der Waals surface area contributed by atoms with E-state index < -0.39 is 17.8 Å². The van der Waals surface area contributed by atoms with Crippen LogP contribution in [0, 0.1) is 0 Å². The fourth-order valence-corrected chi connectivity index (χ4v) is 3.56. The van der Waals surface area contributed by atoms with Crippen LogP contribution in [0.15, 0.2) is 24.3 Å². The summed E-state index contributed by atoms with van der Waals surface area (Å²) in [5.74, 6) is 0.994. The smallest absolute Gasteiger partial charge is 0.387 e. The number of hydrogen-bond donors (Lipinski definition) is 1. The summed E-state index contributed by atoms with van der Waals surface area (Å²) in [4.78, 5) is 0. The van der Waals surface area contributed by atoms with Gasteiger partial charge in [-0.2, -0.15) is 24.9 Å². The highest BCUT2D eigenvalue weighted by molar-refractivity contribution is 8.00. The highest BCUT2D eigenvalue weighted by atomic mass is 32.2.